The third-order valence-electron chi connectivity index (χ3n) is 1.63. The maximum absolute atomic E-state index is 12.2. The van der Waals surface area contributed by atoms with Crippen molar-refractivity contribution in [3.63, 3.8) is 0 Å². The molecule has 0 bridgehead atoms. The van der Waals surface area contributed by atoms with Crippen LogP contribution in [-0.2, 0) is 6.18 Å². The molecular weight excluding hydrogens is 262 g/mol. The van der Waals surface area contributed by atoms with Crippen molar-refractivity contribution in [2.45, 2.75) is 12.6 Å². The molecule has 0 unspecified atom stereocenters. The zero-order chi connectivity index (χ0) is 11.8. The molecule has 0 heterocycles. The first-order valence-electron chi connectivity index (χ1n) is 3.57. The van der Waals surface area contributed by atoms with E-state index in [0.717, 1.165) is 0 Å². The van der Waals surface area contributed by atoms with Crippen molar-refractivity contribution < 1.29 is 22.0 Å². The lowest BCUT2D eigenvalue weighted by atomic mass is 10.1. The van der Waals surface area contributed by atoms with Crippen LogP contribution < -0.4 is 0 Å². The van der Waals surface area contributed by atoms with E-state index in [2.05, 4.69) is 0 Å². The second-order valence-corrected chi connectivity index (χ2v) is 3.47. The molecule has 0 aromatic heterocycles. The van der Waals surface area contributed by atoms with E-state index in [1.807, 2.05) is 0 Å². The summed E-state index contributed by atoms with van der Waals surface area (Å²) in [5, 5.41) is -1.44. The van der Waals surface area contributed by atoms with Crippen LogP contribution in [0.15, 0.2) is 12.1 Å². The van der Waals surface area contributed by atoms with Crippen LogP contribution in [0.25, 0.3) is 0 Å². The van der Waals surface area contributed by atoms with Gasteiger partial charge in [0.1, 0.15) is 0 Å². The number of alkyl halides is 5. The minimum atomic E-state index is -4.71. The van der Waals surface area contributed by atoms with E-state index in [1.54, 1.807) is 0 Å². The minimum Gasteiger partial charge on any atom is -0.205 e. The fraction of sp³-hybridized carbons (Fsp3) is 0.250. The number of hydrogen-bond acceptors (Lipinski definition) is 0. The minimum absolute atomic E-state index is 0.394. The molecule has 15 heavy (non-hydrogen) atoms. The highest BCUT2D eigenvalue weighted by molar-refractivity contribution is 6.34. The molecule has 7 heteroatoms. The fourth-order valence-corrected chi connectivity index (χ4v) is 1.47. The Morgan fingerprint density at radius 1 is 1.00 bits per heavy atom. The molecule has 0 aliphatic rings. The first-order chi connectivity index (χ1) is 6.73. The Kier molecular flexibility index (Phi) is 3.45. The molecule has 0 atom stereocenters. The molecule has 84 valence electrons. The molecule has 1 aromatic rings. The summed E-state index contributed by atoms with van der Waals surface area (Å²) >= 11 is 10.5. The normalized spacial score (nSPS) is 12.3. The average Bonchev–Trinajstić information content (AvgIpc) is 2.06. The highest BCUT2D eigenvalue weighted by Gasteiger charge is 2.34. The Balaban J connectivity index is 3.32. The topological polar surface area (TPSA) is 0 Å². The Morgan fingerprint density at radius 3 is 1.93 bits per heavy atom. The lowest BCUT2D eigenvalue weighted by Gasteiger charge is -2.11. The molecule has 0 aliphatic carbocycles. The molecule has 0 amide bonds. The van der Waals surface area contributed by atoms with E-state index in [0.29, 0.717) is 12.1 Å². The summed E-state index contributed by atoms with van der Waals surface area (Å²) in [6.07, 6.45) is -7.67. The maximum Gasteiger partial charge on any atom is 0.417 e. The van der Waals surface area contributed by atoms with Crippen LogP contribution in [0.1, 0.15) is 17.6 Å². The first-order valence-corrected chi connectivity index (χ1v) is 4.33. The van der Waals surface area contributed by atoms with Gasteiger partial charge >= 0.3 is 6.18 Å². The SMILES string of the molecule is FC(F)c1cc(Cl)c(C(F)(F)F)cc1Cl. The monoisotopic (exact) mass is 264 g/mol. The molecule has 0 saturated carbocycles. The second-order valence-electron chi connectivity index (χ2n) is 2.65. The van der Waals surface area contributed by atoms with Crippen molar-refractivity contribution >= 4 is 23.2 Å². The molecule has 0 fully saturated rings. The maximum atomic E-state index is 12.2. The summed E-state index contributed by atoms with van der Waals surface area (Å²) in [5.74, 6) is 0. The van der Waals surface area contributed by atoms with Gasteiger partial charge in [0.2, 0.25) is 0 Å². The van der Waals surface area contributed by atoms with Gasteiger partial charge in [0, 0.05) is 5.56 Å². The van der Waals surface area contributed by atoms with Crippen molar-refractivity contribution in [3.05, 3.63) is 33.3 Å². The van der Waals surface area contributed by atoms with E-state index < -0.39 is 33.8 Å². The van der Waals surface area contributed by atoms with Gasteiger partial charge in [-0.3, -0.25) is 0 Å². The van der Waals surface area contributed by atoms with Crippen LogP contribution in [0.4, 0.5) is 22.0 Å². The average molecular weight is 265 g/mol. The number of halogens is 7. The molecule has 0 spiro atoms. The molecule has 0 N–H and O–H groups in total. The number of hydrogen-bond donors (Lipinski definition) is 0. The molecule has 0 aliphatic heterocycles. The van der Waals surface area contributed by atoms with Crippen LogP contribution in [0.2, 0.25) is 10.0 Å². The molecule has 1 rings (SSSR count). The van der Waals surface area contributed by atoms with Crippen molar-refractivity contribution in [3.8, 4) is 0 Å². The van der Waals surface area contributed by atoms with Gasteiger partial charge in [-0.1, -0.05) is 23.2 Å². The Labute approximate surface area is 91.6 Å². The number of benzene rings is 1. The Bertz CT molecular complexity index is 372. The Morgan fingerprint density at radius 2 is 1.53 bits per heavy atom. The van der Waals surface area contributed by atoms with Crippen molar-refractivity contribution in [2.24, 2.45) is 0 Å². The highest BCUT2D eigenvalue weighted by atomic mass is 35.5. The van der Waals surface area contributed by atoms with Gasteiger partial charge in [0.25, 0.3) is 6.43 Å². The zero-order valence-electron chi connectivity index (χ0n) is 6.88. The second kappa shape index (κ2) is 4.14. The van der Waals surface area contributed by atoms with E-state index in [1.165, 1.54) is 0 Å². The van der Waals surface area contributed by atoms with Crippen molar-refractivity contribution in [1.29, 1.82) is 0 Å². The van der Waals surface area contributed by atoms with Gasteiger partial charge in [-0.25, -0.2) is 8.78 Å². The van der Waals surface area contributed by atoms with Gasteiger partial charge in [0.15, 0.2) is 0 Å². The first kappa shape index (κ1) is 12.5. The van der Waals surface area contributed by atoms with E-state index in [4.69, 9.17) is 23.2 Å². The summed E-state index contributed by atoms with van der Waals surface area (Å²) in [7, 11) is 0. The summed E-state index contributed by atoms with van der Waals surface area (Å²) < 4.78 is 61.1. The predicted octanol–water partition coefficient (Wildman–Crippen LogP) is 4.95. The van der Waals surface area contributed by atoms with Gasteiger partial charge < -0.3 is 0 Å². The molecule has 0 radical (unpaired) electrons. The lowest BCUT2D eigenvalue weighted by Crippen LogP contribution is -2.06. The quantitative estimate of drug-likeness (QED) is 0.630. The van der Waals surface area contributed by atoms with Crippen LogP contribution >= 0.6 is 23.2 Å². The number of rotatable bonds is 1. The summed E-state index contributed by atoms with van der Waals surface area (Å²) in [4.78, 5) is 0. The van der Waals surface area contributed by atoms with Crippen LogP contribution in [0.3, 0.4) is 0 Å². The standard InChI is InChI=1S/C8H3Cl2F5/c9-5-2-4(8(13,14)15)6(10)1-3(5)7(11)12/h1-2,7H. The Hall–Kier alpha value is -0.550. The van der Waals surface area contributed by atoms with Gasteiger partial charge in [-0.15, -0.1) is 0 Å². The third-order valence-corrected chi connectivity index (χ3v) is 2.27. The fourth-order valence-electron chi connectivity index (χ4n) is 0.947. The van der Waals surface area contributed by atoms with Crippen molar-refractivity contribution in [1.82, 2.24) is 0 Å². The zero-order valence-corrected chi connectivity index (χ0v) is 8.39. The highest BCUT2D eigenvalue weighted by Crippen LogP contribution is 2.39. The van der Waals surface area contributed by atoms with E-state index in [-0.39, 0.29) is 0 Å². The van der Waals surface area contributed by atoms with Crippen LogP contribution in [0, 0.1) is 0 Å². The molecule has 0 saturated heterocycles. The lowest BCUT2D eigenvalue weighted by molar-refractivity contribution is -0.137. The summed E-state index contributed by atoms with van der Waals surface area (Å²) in [6.45, 7) is 0. The molecule has 0 nitrogen and oxygen atoms in total. The van der Waals surface area contributed by atoms with E-state index >= 15 is 0 Å². The smallest absolute Gasteiger partial charge is 0.205 e. The molecular formula is C8H3Cl2F5. The summed E-state index contributed by atoms with van der Waals surface area (Å²) in [5.41, 5.74) is -1.94. The predicted molar refractivity (Wildman–Crippen MR) is 46.4 cm³/mol. The van der Waals surface area contributed by atoms with Gasteiger partial charge in [-0.05, 0) is 12.1 Å². The summed E-state index contributed by atoms with van der Waals surface area (Å²) in [6, 6.07) is 0.919. The van der Waals surface area contributed by atoms with Crippen LogP contribution in [0.5, 0.6) is 0 Å². The van der Waals surface area contributed by atoms with Gasteiger partial charge in [-0.2, -0.15) is 13.2 Å². The molecule has 1 aromatic carbocycles. The van der Waals surface area contributed by atoms with E-state index in [9.17, 15) is 22.0 Å². The van der Waals surface area contributed by atoms with Crippen LogP contribution in [-0.4, -0.2) is 0 Å². The third kappa shape index (κ3) is 2.72. The van der Waals surface area contributed by atoms with Crippen molar-refractivity contribution in [2.75, 3.05) is 0 Å². The largest absolute Gasteiger partial charge is 0.417 e. The van der Waals surface area contributed by atoms with Gasteiger partial charge in [0.05, 0.1) is 15.6 Å².